The second-order valence-electron chi connectivity index (χ2n) is 7.55. The molecule has 1 atom stereocenters. The summed E-state index contributed by atoms with van der Waals surface area (Å²) in [7, 11) is 1.23. The smallest absolute Gasteiger partial charge is 0.338 e. The molecule has 2 aliphatic rings. The maximum absolute atomic E-state index is 12.6. The first-order chi connectivity index (χ1) is 13.4. The molecule has 8 heteroatoms. The molecule has 0 saturated heterocycles. The van der Waals surface area contributed by atoms with E-state index in [-0.39, 0.29) is 24.5 Å². The molecule has 1 aromatic heterocycles. The lowest BCUT2D eigenvalue weighted by Gasteiger charge is -2.39. The Hall–Kier alpha value is -1.93. The molecule has 154 valence electrons. The number of hydrogen-bond donors (Lipinski definition) is 1. The number of ether oxygens (including phenoxy) is 2. The van der Waals surface area contributed by atoms with Gasteiger partial charge in [-0.1, -0.05) is 13.3 Å². The average Bonchev–Trinajstić information content (AvgIpc) is 3.30. The van der Waals surface area contributed by atoms with Gasteiger partial charge in [-0.15, -0.1) is 11.3 Å². The Balaban J connectivity index is 1.65. The number of methoxy groups -OCH3 is 1. The molecule has 0 bridgehead atoms. The van der Waals surface area contributed by atoms with Gasteiger partial charge in [0.1, 0.15) is 0 Å². The standard InChI is InChI=1S/C20H28N2O5S/c1-3-4-10-27-19(25)20(21,18(24)26-2)13-5-7-14(8-6-13)22-12-16-15(17(22)23)9-11-28-16/h9,11,13-14H,3-8,10,12,21H2,1-2H3. The third-order valence-corrected chi connectivity index (χ3v) is 6.83. The topological polar surface area (TPSA) is 98.9 Å². The van der Waals surface area contributed by atoms with Crippen LogP contribution in [0.4, 0.5) is 0 Å². The molecule has 1 aliphatic carbocycles. The highest BCUT2D eigenvalue weighted by Gasteiger charge is 2.53. The summed E-state index contributed by atoms with van der Waals surface area (Å²) in [6.07, 6.45) is 4.13. The summed E-state index contributed by atoms with van der Waals surface area (Å²) >= 11 is 1.60. The number of fused-ring (bicyclic) bond motifs is 1. The van der Waals surface area contributed by atoms with E-state index in [1.807, 2.05) is 23.3 Å². The van der Waals surface area contributed by atoms with Crippen LogP contribution < -0.4 is 5.73 Å². The van der Waals surface area contributed by atoms with Crippen LogP contribution in [0, 0.1) is 5.92 Å². The Kier molecular flexibility index (Phi) is 6.40. The molecule has 0 spiro atoms. The van der Waals surface area contributed by atoms with Gasteiger partial charge < -0.3 is 20.1 Å². The molecular weight excluding hydrogens is 380 g/mol. The van der Waals surface area contributed by atoms with E-state index in [1.54, 1.807) is 11.3 Å². The molecule has 2 heterocycles. The summed E-state index contributed by atoms with van der Waals surface area (Å²) in [5.74, 6) is -1.75. The average molecular weight is 409 g/mol. The number of thiophene rings is 1. The van der Waals surface area contributed by atoms with E-state index in [0.717, 1.165) is 23.3 Å². The lowest BCUT2D eigenvalue weighted by Crippen LogP contribution is -2.62. The van der Waals surface area contributed by atoms with E-state index >= 15 is 0 Å². The van der Waals surface area contributed by atoms with Gasteiger partial charge in [-0.25, -0.2) is 9.59 Å². The predicted molar refractivity (Wildman–Crippen MR) is 105 cm³/mol. The lowest BCUT2D eigenvalue weighted by atomic mass is 9.73. The van der Waals surface area contributed by atoms with Gasteiger partial charge in [0.15, 0.2) is 0 Å². The van der Waals surface area contributed by atoms with E-state index in [1.165, 1.54) is 7.11 Å². The van der Waals surface area contributed by atoms with E-state index in [4.69, 9.17) is 15.2 Å². The van der Waals surface area contributed by atoms with Crippen molar-refractivity contribution >= 4 is 29.2 Å². The second-order valence-corrected chi connectivity index (χ2v) is 8.55. The Labute approximate surface area is 169 Å². The summed E-state index contributed by atoms with van der Waals surface area (Å²) < 4.78 is 10.1. The van der Waals surface area contributed by atoms with Gasteiger partial charge in [-0.3, -0.25) is 4.79 Å². The third-order valence-electron chi connectivity index (χ3n) is 5.92. The summed E-state index contributed by atoms with van der Waals surface area (Å²) in [6, 6.07) is 1.98. The number of hydrogen-bond acceptors (Lipinski definition) is 7. The van der Waals surface area contributed by atoms with E-state index in [0.29, 0.717) is 32.2 Å². The number of carbonyl (C=O) groups is 3. The zero-order valence-electron chi connectivity index (χ0n) is 16.4. The summed E-state index contributed by atoms with van der Waals surface area (Å²) in [5, 5.41) is 1.94. The van der Waals surface area contributed by atoms with Crippen LogP contribution in [0.3, 0.4) is 0 Å². The van der Waals surface area contributed by atoms with Crippen LogP contribution >= 0.6 is 11.3 Å². The van der Waals surface area contributed by atoms with Crippen LogP contribution in [-0.2, 0) is 25.6 Å². The Bertz CT molecular complexity index is 741. The Morgan fingerprint density at radius 1 is 1.29 bits per heavy atom. The Morgan fingerprint density at radius 3 is 2.61 bits per heavy atom. The van der Waals surface area contributed by atoms with Gasteiger partial charge in [-0.2, -0.15) is 0 Å². The van der Waals surface area contributed by atoms with Crippen LogP contribution in [0.1, 0.15) is 60.7 Å². The maximum Gasteiger partial charge on any atom is 0.338 e. The first-order valence-corrected chi connectivity index (χ1v) is 10.7. The minimum atomic E-state index is -1.79. The minimum Gasteiger partial charge on any atom is -0.467 e. The van der Waals surface area contributed by atoms with Gasteiger partial charge in [-0.05, 0) is 49.5 Å². The molecule has 0 radical (unpaired) electrons. The normalized spacial score (nSPS) is 23.8. The van der Waals surface area contributed by atoms with Crippen molar-refractivity contribution < 1.29 is 23.9 Å². The molecule has 1 fully saturated rings. The fourth-order valence-electron chi connectivity index (χ4n) is 4.19. The van der Waals surface area contributed by atoms with Gasteiger partial charge in [0.2, 0.25) is 5.54 Å². The molecule has 3 rings (SSSR count). The zero-order valence-corrected chi connectivity index (χ0v) is 17.3. The first-order valence-electron chi connectivity index (χ1n) is 9.85. The Morgan fingerprint density at radius 2 is 2.00 bits per heavy atom. The highest BCUT2D eigenvalue weighted by atomic mass is 32.1. The highest BCUT2D eigenvalue weighted by molar-refractivity contribution is 7.10. The number of rotatable bonds is 7. The fraction of sp³-hybridized carbons (Fsp3) is 0.650. The van der Waals surface area contributed by atoms with Crippen molar-refractivity contribution in [3.63, 3.8) is 0 Å². The molecule has 1 unspecified atom stereocenters. The van der Waals surface area contributed by atoms with E-state index < -0.39 is 17.5 Å². The third kappa shape index (κ3) is 3.67. The van der Waals surface area contributed by atoms with Crippen LogP contribution in [0.2, 0.25) is 0 Å². The van der Waals surface area contributed by atoms with Crippen molar-refractivity contribution in [3.8, 4) is 0 Å². The molecule has 1 aliphatic heterocycles. The number of unbranched alkanes of at least 4 members (excludes halogenated alkanes) is 1. The van der Waals surface area contributed by atoms with Crippen LogP contribution in [0.5, 0.6) is 0 Å². The highest BCUT2D eigenvalue weighted by Crippen LogP contribution is 2.38. The van der Waals surface area contributed by atoms with Crippen molar-refractivity contribution in [1.82, 2.24) is 4.90 Å². The lowest BCUT2D eigenvalue weighted by molar-refractivity contribution is -0.167. The predicted octanol–water partition coefficient (Wildman–Crippen LogP) is 2.48. The van der Waals surface area contributed by atoms with Gasteiger partial charge in [0, 0.05) is 10.9 Å². The molecule has 7 nitrogen and oxygen atoms in total. The van der Waals surface area contributed by atoms with Crippen molar-refractivity contribution in [1.29, 1.82) is 0 Å². The second kappa shape index (κ2) is 8.61. The molecule has 28 heavy (non-hydrogen) atoms. The van der Waals surface area contributed by atoms with Crippen molar-refractivity contribution in [2.45, 2.75) is 63.6 Å². The number of carbonyl (C=O) groups excluding carboxylic acids is 3. The largest absolute Gasteiger partial charge is 0.467 e. The van der Waals surface area contributed by atoms with Crippen LogP contribution in [0.25, 0.3) is 0 Å². The summed E-state index contributed by atoms with van der Waals surface area (Å²) in [4.78, 5) is 40.7. The van der Waals surface area contributed by atoms with Crippen molar-refractivity contribution in [2.24, 2.45) is 11.7 Å². The zero-order chi connectivity index (χ0) is 20.3. The number of amides is 1. The molecule has 1 saturated carbocycles. The fourth-order valence-corrected chi connectivity index (χ4v) is 5.05. The van der Waals surface area contributed by atoms with Crippen LogP contribution in [-0.4, -0.2) is 48.0 Å². The molecule has 1 aromatic rings. The van der Waals surface area contributed by atoms with Crippen molar-refractivity contribution in [3.05, 3.63) is 21.9 Å². The SMILES string of the molecule is CCCCOC(=O)C(N)(C(=O)OC)C1CCC(N2Cc3sccc3C2=O)CC1. The summed E-state index contributed by atoms with van der Waals surface area (Å²) in [6.45, 7) is 2.88. The quantitative estimate of drug-likeness (QED) is 0.423. The summed E-state index contributed by atoms with van der Waals surface area (Å²) in [5.41, 5.74) is 5.31. The van der Waals surface area contributed by atoms with E-state index in [9.17, 15) is 14.4 Å². The van der Waals surface area contributed by atoms with Gasteiger partial charge in [0.05, 0.1) is 25.8 Å². The van der Waals surface area contributed by atoms with Crippen molar-refractivity contribution in [2.75, 3.05) is 13.7 Å². The number of esters is 2. The van der Waals surface area contributed by atoms with Gasteiger partial charge >= 0.3 is 11.9 Å². The molecular formula is C20H28N2O5S. The van der Waals surface area contributed by atoms with Crippen LogP contribution in [0.15, 0.2) is 11.4 Å². The minimum absolute atomic E-state index is 0.0747. The van der Waals surface area contributed by atoms with E-state index in [2.05, 4.69) is 0 Å². The maximum atomic E-state index is 12.6. The number of nitrogens with two attached hydrogens (primary N) is 1. The number of nitrogens with zero attached hydrogens (tertiary/aromatic N) is 1. The first kappa shape index (κ1) is 20.8. The monoisotopic (exact) mass is 408 g/mol. The molecule has 1 amide bonds. The van der Waals surface area contributed by atoms with Gasteiger partial charge in [0.25, 0.3) is 5.91 Å². The molecule has 2 N–H and O–H groups in total. The molecule has 0 aromatic carbocycles.